The second kappa shape index (κ2) is 7.07. The molecule has 0 saturated heterocycles. The number of nitrogens with one attached hydrogen (secondary N) is 1. The van der Waals surface area contributed by atoms with E-state index in [1.807, 2.05) is 29.8 Å². The number of anilines is 1. The van der Waals surface area contributed by atoms with Gasteiger partial charge in [-0.1, -0.05) is 35.3 Å². The largest absolute Gasteiger partial charge is 0.331 e. The molecule has 0 fully saturated rings. The van der Waals surface area contributed by atoms with Crippen LogP contribution in [0.3, 0.4) is 0 Å². The van der Waals surface area contributed by atoms with Crippen molar-refractivity contribution in [3.63, 3.8) is 0 Å². The SMILES string of the molecule is Cc1nccn1Cc1ccc(C(=O)Nc2ccc(Cl)cc2Cl)cc1. The lowest BCUT2D eigenvalue weighted by Crippen LogP contribution is -2.12. The van der Waals surface area contributed by atoms with E-state index in [4.69, 9.17) is 23.2 Å². The van der Waals surface area contributed by atoms with Crippen LogP contribution in [0.2, 0.25) is 10.0 Å². The maximum Gasteiger partial charge on any atom is 0.255 e. The third-order valence-electron chi connectivity index (χ3n) is 3.67. The van der Waals surface area contributed by atoms with Crippen molar-refractivity contribution < 1.29 is 4.79 Å². The number of hydrogen-bond acceptors (Lipinski definition) is 2. The van der Waals surface area contributed by atoms with Crippen molar-refractivity contribution in [3.8, 4) is 0 Å². The van der Waals surface area contributed by atoms with E-state index in [0.717, 1.165) is 17.9 Å². The number of rotatable bonds is 4. The van der Waals surface area contributed by atoms with Gasteiger partial charge in [-0.2, -0.15) is 0 Å². The van der Waals surface area contributed by atoms with Crippen LogP contribution in [-0.4, -0.2) is 15.5 Å². The van der Waals surface area contributed by atoms with Gasteiger partial charge in [0.15, 0.2) is 0 Å². The summed E-state index contributed by atoms with van der Waals surface area (Å²) in [5.41, 5.74) is 2.19. The first-order chi connectivity index (χ1) is 11.5. The van der Waals surface area contributed by atoms with Gasteiger partial charge in [0.05, 0.1) is 10.7 Å². The molecular formula is C18H15Cl2N3O. The molecule has 0 atom stereocenters. The van der Waals surface area contributed by atoms with Gasteiger partial charge in [-0.15, -0.1) is 0 Å². The second-order valence-electron chi connectivity index (χ2n) is 5.38. The Labute approximate surface area is 150 Å². The Morgan fingerprint density at radius 3 is 2.54 bits per heavy atom. The molecule has 3 rings (SSSR count). The molecule has 122 valence electrons. The van der Waals surface area contributed by atoms with Gasteiger partial charge in [-0.3, -0.25) is 4.79 Å². The number of benzene rings is 2. The Morgan fingerprint density at radius 1 is 1.17 bits per heavy atom. The smallest absolute Gasteiger partial charge is 0.255 e. The molecule has 3 aromatic rings. The lowest BCUT2D eigenvalue weighted by molar-refractivity contribution is 0.102. The van der Waals surface area contributed by atoms with Crippen LogP contribution >= 0.6 is 23.2 Å². The molecule has 1 aromatic heterocycles. The average Bonchev–Trinajstić information content (AvgIpc) is 2.96. The highest BCUT2D eigenvalue weighted by Gasteiger charge is 2.09. The Kier molecular flexibility index (Phi) is 4.88. The number of halogens is 2. The quantitative estimate of drug-likeness (QED) is 0.727. The molecule has 6 heteroatoms. The number of imidazole rings is 1. The van der Waals surface area contributed by atoms with Crippen LogP contribution < -0.4 is 5.32 Å². The lowest BCUT2D eigenvalue weighted by Gasteiger charge is -2.09. The number of nitrogens with zero attached hydrogens (tertiary/aromatic N) is 2. The van der Waals surface area contributed by atoms with Gasteiger partial charge >= 0.3 is 0 Å². The van der Waals surface area contributed by atoms with Gasteiger partial charge in [0.1, 0.15) is 5.82 Å². The fourth-order valence-electron chi connectivity index (χ4n) is 2.31. The highest BCUT2D eigenvalue weighted by Crippen LogP contribution is 2.25. The highest BCUT2D eigenvalue weighted by molar-refractivity contribution is 6.36. The normalized spacial score (nSPS) is 10.6. The molecule has 0 bridgehead atoms. The maximum absolute atomic E-state index is 12.3. The second-order valence-corrected chi connectivity index (χ2v) is 6.22. The number of aryl methyl sites for hydroxylation is 1. The molecule has 0 unspecified atom stereocenters. The van der Waals surface area contributed by atoms with E-state index in [0.29, 0.717) is 21.3 Å². The monoisotopic (exact) mass is 359 g/mol. The van der Waals surface area contributed by atoms with E-state index in [1.54, 1.807) is 36.5 Å². The van der Waals surface area contributed by atoms with Crippen molar-refractivity contribution in [1.82, 2.24) is 9.55 Å². The van der Waals surface area contributed by atoms with Gasteiger partial charge < -0.3 is 9.88 Å². The number of carbonyl (C=O) groups excluding carboxylic acids is 1. The Bertz CT molecular complexity index is 872. The summed E-state index contributed by atoms with van der Waals surface area (Å²) < 4.78 is 2.04. The van der Waals surface area contributed by atoms with Crippen LogP contribution in [0.15, 0.2) is 54.9 Å². The molecule has 24 heavy (non-hydrogen) atoms. The zero-order valence-electron chi connectivity index (χ0n) is 13.0. The summed E-state index contributed by atoms with van der Waals surface area (Å²) in [6.07, 6.45) is 3.70. The summed E-state index contributed by atoms with van der Waals surface area (Å²) in [7, 11) is 0. The summed E-state index contributed by atoms with van der Waals surface area (Å²) in [4.78, 5) is 16.5. The van der Waals surface area contributed by atoms with Gasteiger partial charge in [0.2, 0.25) is 0 Å². The number of carbonyl (C=O) groups is 1. The molecule has 1 heterocycles. The van der Waals surface area contributed by atoms with Crippen molar-refractivity contribution in [2.45, 2.75) is 13.5 Å². The van der Waals surface area contributed by atoms with Crippen molar-refractivity contribution in [2.24, 2.45) is 0 Å². The summed E-state index contributed by atoms with van der Waals surface area (Å²) in [5, 5.41) is 3.71. The Morgan fingerprint density at radius 2 is 1.92 bits per heavy atom. The molecule has 0 aliphatic carbocycles. The molecule has 0 radical (unpaired) electrons. The van der Waals surface area contributed by atoms with E-state index in [2.05, 4.69) is 10.3 Å². The molecular weight excluding hydrogens is 345 g/mol. The van der Waals surface area contributed by atoms with Crippen LogP contribution in [-0.2, 0) is 6.54 Å². The summed E-state index contributed by atoms with van der Waals surface area (Å²) in [5.74, 6) is 0.735. The van der Waals surface area contributed by atoms with E-state index >= 15 is 0 Å². The molecule has 1 amide bonds. The molecule has 1 N–H and O–H groups in total. The first kappa shape index (κ1) is 16.6. The minimum absolute atomic E-state index is 0.218. The zero-order chi connectivity index (χ0) is 17.1. The Hall–Kier alpha value is -2.30. The number of aromatic nitrogens is 2. The van der Waals surface area contributed by atoms with Crippen molar-refractivity contribution in [1.29, 1.82) is 0 Å². The molecule has 0 spiro atoms. The molecule has 0 aliphatic heterocycles. The fraction of sp³-hybridized carbons (Fsp3) is 0.111. The van der Waals surface area contributed by atoms with E-state index in [9.17, 15) is 4.79 Å². The van der Waals surface area contributed by atoms with E-state index in [1.165, 1.54) is 0 Å². The van der Waals surface area contributed by atoms with Crippen molar-refractivity contribution in [3.05, 3.63) is 81.9 Å². The van der Waals surface area contributed by atoms with Gasteiger partial charge in [0.25, 0.3) is 5.91 Å². The minimum Gasteiger partial charge on any atom is -0.331 e. The first-order valence-corrected chi connectivity index (χ1v) is 8.11. The molecule has 0 saturated carbocycles. The van der Waals surface area contributed by atoms with Crippen LogP contribution in [0.25, 0.3) is 0 Å². The van der Waals surface area contributed by atoms with E-state index in [-0.39, 0.29) is 5.91 Å². The maximum atomic E-state index is 12.3. The third-order valence-corrected chi connectivity index (χ3v) is 4.22. The van der Waals surface area contributed by atoms with Crippen LogP contribution in [0.5, 0.6) is 0 Å². The van der Waals surface area contributed by atoms with Gasteiger partial charge in [-0.05, 0) is 42.8 Å². The summed E-state index contributed by atoms with van der Waals surface area (Å²) >= 11 is 11.9. The van der Waals surface area contributed by atoms with Crippen molar-refractivity contribution >= 4 is 34.8 Å². The average molecular weight is 360 g/mol. The standard InChI is InChI=1S/C18H15Cl2N3O/c1-12-21-8-9-23(12)11-13-2-4-14(5-3-13)18(24)22-17-7-6-15(19)10-16(17)20/h2-10H,11H2,1H3,(H,22,24). The van der Waals surface area contributed by atoms with E-state index < -0.39 is 0 Å². The van der Waals surface area contributed by atoms with Gasteiger partial charge in [-0.25, -0.2) is 4.98 Å². The van der Waals surface area contributed by atoms with Gasteiger partial charge in [0, 0.05) is 29.5 Å². The predicted octanol–water partition coefficient (Wildman–Crippen LogP) is 4.80. The van der Waals surface area contributed by atoms with Crippen molar-refractivity contribution in [2.75, 3.05) is 5.32 Å². The zero-order valence-corrected chi connectivity index (χ0v) is 14.5. The Balaban J connectivity index is 1.70. The van der Waals surface area contributed by atoms with Crippen LogP contribution in [0.4, 0.5) is 5.69 Å². The topological polar surface area (TPSA) is 46.9 Å². The first-order valence-electron chi connectivity index (χ1n) is 7.36. The summed E-state index contributed by atoms with van der Waals surface area (Å²) in [6.45, 7) is 2.68. The third kappa shape index (κ3) is 3.78. The lowest BCUT2D eigenvalue weighted by atomic mass is 10.1. The summed E-state index contributed by atoms with van der Waals surface area (Å²) in [6, 6.07) is 12.4. The number of amides is 1. The van der Waals surface area contributed by atoms with Crippen LogP contribution in [0, 0.1) is 6.92 Å². The minimum atomic E-state index is -0.218. The van der Waals surface area contributed by atoms with Crippen LogP contribution in [0.1, 0.15) is 21.7 Å². The molecule has 2 aromatic carbocycles. The fourth-order valence-corrected chi connectivity index (χ4v) is 2.77. The molecule has 4 nitrogen and oxygen atoms in total. The highest BCUT2D eigenvalue weighted by atomic mass is 35.5. The molecule has 0 aliphatic rings. The number of hydrogen-bond donors (Lipinski definition) is 1. The predicted molar refractivity (Wildman–Crippen MR) is 96.9 cm³/mol.